The Balaban J connectivity index is 2.10. The van der Waals surface area contributed by atoms with Gasteiger partial charge in [-0.05, 0) is 19.3 Å². The molecule has 1 aliphatic heterocycles. The first-order valence-corrected chi connectivity index (χ1v) is 7.02. The third kappa shape index (κ3) is 3.03. The number of nitrogens with zero attached hydrogens (tertiary/aromatic N) is 3. The van der Waals surface area contributed by atoms with Gasteiger partial charge in [-0.3, -0.25) is 9.67 Å². The van der Waals surface area contributed by atoms with E-state index in [-0.39, 0.29) is 0 Å². The lowest BCUT2D eigenvalue weighted by atomic mass is 10.0. The molecule has 1 unspecified atom stereocenters. The number of nitrogens with one attached hydrogen (secondary N) is 1. The molecule has 4 nitrogen and oxygen atoms in total. The van der Waals surface area contributed by atoms with Gasteiger partial charge in [0.15, 0.2) is 5.17 Å². The molecule has 0 fully saturated rings. The molecule has 17 heavy (non-hydrogen) atoms. The molecule has 1 aliphatic rings. The van der Waals surface area contributed by atoms with Crippen molar-refractivity contribution in [1.82, 2.24) is 9.78 Å². The molecule has 1 aromatic rings. The van der Waals surface area contributed by atoms with Crippen LogP contribution >= 0.6 is 11.8 Å². The number of aromatic nitrogens is 2. The highest BCUT2D eigenvalue weighted by Gasteiger charge is 2.19. The summed E-state index contributed by atoms with van der Waals surface area (Å²) in [5.74, 6) is 1.76. The van der Waals surface area contributed by atoms with Gasteiger partial charge in [-0.25, -0.2) is 0 Å². The molecule has 0 spiro atoms. The molecule has 0 saturated heterocycles. The predicted molar refractivity (Wildman–Crippen MR) is 74.7 cm³/mol. The van der Waals surface area contributed by atoms with E-state index in [4.69, 9.17) is 4.99 Å². The largest absolute Gasteiger partial charge is 0.332 e. The number of rotatable bonds is 2. The van der Waals surface area contributed by atoms with Crippen molar-refractivity contribution in [1.29, 1.82) is 0 Å². The van der Waals surface area contributed by atoms with Gasteiger partial charge in [0.25, 0.3) is 0 Å². The molecule has 0 aromatic carbocycles. The Morgan fingerprint density at radius 2 is 2.29 bits per heavy atom. The molecule has 0 radical (unpaired) electrons. The van der Waals surface area contributed by atoms with Crippen molar-refractivity contribution in [2.75, 3.05) is 11.1 Å². The molecule has 1 aromatic heterocycles. The lowest BCUT2D eigenvalue weighted by molar-refractivity contribution is 0.485. The average Bonchev–Trinajstić information content (AvgIpc) is 2.58. The van der Waals surface area contributed by atoms with Crippen LogP contribution in [0, 0.1) is 12.8 Å². The quantitative estimate of drug-likeness (QED) is 0.880. The van der Waals surface area contributed by atoms with Gasteiger partial charge in [0, 0.05) is 19.0 Å². The Labute approximate surface area is 107 Å². The van der Waals surface area contributed by atoms with Gasteiger partial charge < -0.3 is 5.32 Å². The fourth-order valence-electron chi connectivity index (χ4n) is 1.92. The SMILES string of the molecule is Cc1nn(C)cc1NC1=NC(C(C)C)CCS1. The summed E-state index contributed by atoms with van der Waals surface area (Å²) in [6.45, 7) is 6.48. The van der Waals surface area contributed by atoms with Gasteiger partial charge in [0.1, 0.15) is 0 Å². The lowest BCUT2D eigenvalue weighted by Crippen LogP contribution is -2.23. The smallest absolute Gasteiger partial charge is 0.161 e. The van der Waals surface area contributed by atoms with E-state index in [0.29, 0.717) is 12.0 Å². The monoisotopic (exact) mass is 252 g/mol. The number of amidine groups is 1. The van der Waals surface area contributed by atoms with Crippen molar-refractivity contribution in [3.8, 4) is 0 Å². The molecule has 0 aliphatic carbocycles. The molecule has 2 heterocycles. The van der Waals surface area contributed by atoms with Crippen LogP contribution < -0.4 is 5.32 Å². The minimum absolute atomic E-state index is 0.454. The first-order valence-electron chi connectivity index (χ1n) is 6.04. The highest BCUT2D eigenvalue weighted by atomic mass is 32.2. The molecule has 5 heteroatoms. The molecule has 0 amide bonds. The van der Waals surface area contributed by atoms with Gasteiger partial charge in [-0.2, -0.15) is 5.10 Å². The summed E-state index contributed by atoms with van der Waals surface area (Å²) in [6, 6.07) is 0.454. The zero-order valence-corrected chi connectivity index (χ0v) is 11.7. The van der Waals surface area contributed by atoms with Gasteiger partial charge in [0.2, 0.25) is 0 Å². The first-order chi connectivity index (χ1) is 8.06. The van der Waals surface area contributed by atoms with Crippen molar-refractivity contribution in [2.24, 2.45) is 18.0 Å². The summed E-state index contributed by atoms with van der Waals surface area (Å²) in [6.07, 6.45) is 3.18. The number of hydrogen-bond donors (Lipinski definition) is 1. The van der Waals surface area contributed by atoms with E-state index < -0.39 is 0 Å². The van der Waals surface area contributed by atoms with Gasteiger partial charge in [-0.1, -0.05) is 25.6 Å². The van der Waals surface area contributed by atoms with E-state index in [1.807, 2.05) is 24.9 Å². The normalized spacial score (nSPS) is 20.5. The van der Waals surface area contributed by atoms with Crippen molar-refractivity contribution in [2.45, 2.75) is 33.2 Å². The summed E-state index contributed by atoms with van der Waals surface area (Å²) >= 11 is 1.80. The summed E-state index contributed by atoms with van der Waals surface area (Å²) in [4.78, 5) is 4.76. The topological polar surface area (TPSA) is 42.2 Å². The van der Waals surface area contributed by atoms with E-state index in [9.17, 15) is 0 Å². The third-order valence-corrected chi connectivity index (χ3v) is 3.88. The average molecular weight is 252 g/mol. The predicted octanol–water partition coefficient (Wildman–Crippen LogP) is 2.66. The van der Waals surface area contributed by atoms with Crippen LogP contribution in [-0.4, -0.2) is 26.7 Å². The molecular formula is C12H20N4S. The van der Waals surface area contributed by atoms with E-state index >= 15 is 0 Å². The Morgan fingerprint density at radius 3 is 2.88 bits per heavy atom. The summed E-state index contributed by atoms with van der Waals surface area (Å²) in [5, 5.41) is 8.74. The highest BCUT2D eigenvalue weighted by molar-refractivity contribution is 8.14. The molecule has 2 rings (SSSR count). The summed E-state index contributed by atoms with van der Waals surface area (Å²) in [5.41, 5.74) is 2.07. The van der Waals surface area contributed by atoms with Gasteiger partial charge >= 0.3 is 0 Å². The van der Waals surface area contributed by atoms with Crippen LogP contribution in [0.2, 0.25) is 0 Å². The second-order valence-corrected chi connectivity index (χ2v) is 5.89. The minimum Gasteiger partial charge on any atom is -0.332 e. The Morgan fingerprint density at radius 1 is 1.53 bits per heavy atom. The summed E-state index contributed by atoms with van der Waals surface area (Å²) in [7, 11) is 1.94. The molecule has 1 atom stereocenters. The van der Waals surface area contributed by atoms with E-state index in [0.717, 1.165) is 22.3 Å². The van der Waals surface area contributed by atoms with Gasteiger partial charge in [-0.15, -0.1) is 0 Å². The maximum atomic E-state index is 4.76. The molecule has 94 valence electrons. The minimum atomic E-state index is 0.454. The standard InChI is InChI=1S/C12H20N4S/c1-8(2)10-5-6-17-12(13-10)14-11-7-16(4)15-9(11)3/h7-8,10H,5-6H2,1-4H3,(H,13,14). The van der Waals surface area contributed by atoms with Crippen LogP contribution in [0.3, 0.4) is 0 Å². The van der Waals surface area contributed by atoms with E-state index in [1.54, 1.807) is 11.8 Å². The zero-order chi connectivity index (χ0) is 12.4. The van der Waals surface area contributed by atoms with Crippen LogP contribution in [0.4, 0.5) is 5.69 Å². The Kier molecular flexibility index (Phi) is 3.76. The molecule has 1 N–H and O–H groups in total. The second-order valence-electron chi connectivity index (χ2n) is 4.81. The Bertz CT molecular complexity index is 422. The molecule has 0 saturated carbocycles. The third-order valence-electron chi connectivity index (χ3n) is 2.96. The van der Waals surface area contributed by atoms with E-state index in [1.165, 1.54) is 6.42 Å². The van der Waals surface area contributed by atoms with Crippen LogP contribution in [0.5, 0.6) is 0 Å². The number of hydrogen-bond acceptors (Lipinski definition) is 4. The summed E-state index contributed by atoms with van der Waals surface area (Å²) < 4.78 is 1.83. The van der Waals surface area contributed by atoms with Crippen LogP contribution in [-0.2, 0) is 7.05 Å². The Hall–Kier alpha value is -0.970. The zero-order valence-electron chi connectivity index (χ0n) is 10.9. The molecule has 0 bridgehead atoms. The van der Waals surface area contributed by atoms with Crippen LogP contribution in [0.25, 0.3) is 0 Å². The van der Waals surface area contributed by atoms with Crippen molar-refractivity contribution < 1.29 is 0 Å². The molecular weight excluding hydrogens is 232 g/mol. The fraction of sp³-hybridized carbons (Fsp3) is 0.667. The van der Waals surface area contributed by atoms with Gasteiger partial charge in [0.05, 0.1) is 17.4 Å². The number of aliphatic imine (C=N–C) groups is 1. The van der Waals surface area contributed by atoms with Crippen molar-refractivity contribution in [3.05, 3.63) is 11.9 Å². The van der Waals surface area contributed by atoms with Crippen LogP contribution in [0.1, 0.15) is 26.0 Å². The number of anilines is 1. The maximum absolute atomic E-state index is 4.76. The van der Waals surface area contributed by atoms with Crippen molar-refractivity contribution >= 4 is 22.6 Å². The van der Waals surface area contributed by atoms with Crippen LogP contribution in [0.15, 0.2) is 11.2 Å². The van der Waals surface area contributed by atoms with E-state index in [2.05, 4.69) is 24.3 Å². The number of aryl methyl sites for hydroxylation is 2. The van der Waals surface area contributed by atoms with Crippen molar-refractivity contribution in [3.63, 3.8) is 0 Å². The fourth-order valence-corrected chi connectivity index (χ4v) is 2.86. The number of thioether (sulfide) groups is 1. The second kappa shape index (κ2) is 5.12. The first kappa shape index (κ1) is 12.5. The lowest BCUT2D eigenvalue weighted by Gasteiger charge is -2.23. The highest BCUT2D eigenvalue weighted by Crippen LogP contribution is 2.24. The maximum Gasteiger partial charge on any atom is 0.161 e.